The second-order valence-corrected chi connectivity index (χ2v) is 4.35. The smallest absolute Gasteiger partial charge is 0.411 e. The van der Waals surface area contributed by atoms with Crippen molar-refractivity contribution in [3.05, 3.63) is 29.8 Å². The molecule has 1 amide bonds. The summed E-state index contributed by atoms with van der Waals surface area (Å²) in [5.74, 6) is -0.569. The monoisotopic (exact) mass is 291 g/mol. The van der Waals surface area contributed by atoms with Crippen molar-refractivity contribution in [2.24, 2.45) is 0 Å². The molecule has 0 aliphatic rings. The number of likely N-dealkylation sites (N-methyl/N-ethyl adjacent to an activating group) is 1. The van der Waals surface area contributed by atoms with Gasteiger partial charge >= 0.3 is 6.18 Å². The van der Waals surface area contributed by atoms with Gasteiger partial charge in [0.15, 0.2) is 0 Å². The third-order valence-corrected chi connectivity index (χ3v) is 2.85. The molecule has 0 aliphatic heterocycles. The largest absolute Gasteiger partial charge is 0.508 e. The van der Waals surface area contributed by atoms with Crippen LogP contribution >= 0.6 is 0 Å². The summed E-state index contributed by atoms with van der Waals surface area (Å²) in [6.45, 7) is -0.456. The summed E-state index contributed by atoms with van der Waals surface area (Å²) >= 11 is 0. The number of para-hydroxylation sites is 1. The molecule has 112 valence electrons. The number of benzene rings is 1. The lowest BCUT2D eigenvalue weighted by molar-refractivity contribution is -0.178. The van der Waals surface area contributed by atoms with Crippen molar-refractivity contribution in [3.8, 4) is 5.75 Å². The van der Waals surface area contributed by atoms with E-state index in [0.717, 1.165) is 0 Å². The van der Waals surface area contributed by atoms with Crippen LogP contribution in [0.25, 0.3) is 0 Å². The number of rotatable bonds is 5. The van der Waals surface area contributed by atoms with E-state index in [2.05, 4.69) is 4.74 Å². The molecule has 20 heavy (non-hydrogen) atoms. The molecular formula is C13H16F3NO3. The van der Waals surface area contributed by atoms with Gasteiger partial charge in [0.2, 0.25) is 5.91 Å². The first-order chi connectivity index (χ1) is 9.22. The molecule has 0 heterocycles. The van der Waals surface area contributed by atoms with E-state index in [4.69, 9.17) is 0 Å². The highest BCUT2D eigenvalue weighted by molar-refractivity contribution is 5.77. The molecule has 0 aromatic heterocycles. The lowest BCUT2D eigenvalue weighted by Gasteiger charge is -2.26. The summed E-state index contributed by atoms with van der Waals surface area (Å²) in [7, 11) is 1.44. The maximum atomic E-state index is 11.9. The Kier molecular flexibility index (Phi) is 5.38. The van der Waals surface area contributed by atoms with E-state index in [0.29, 0.717) is 5.56 Å². The van der Waals surface area contributed by atoms with Crippen LogP contribution in [0.2, 0.25) is 0 Å². The number of phenols is 1. The zero-order valence-corrected chi connectivity index (χ0v) is 11.1. The molecule has 1 unspecified atom stereocenters. The number of aromatic hydroxyl groups is 1. The highest BCUT2D eigenvalue weighted by Crippen LogP contribution is 2.27. The molecule has 0 saturated heterocycles. The van der Waals surface area contributed by atoms with Gasteiger partial charge in [0.25, 0.3) is 0 Å². The topological polar surface area (TPSA) is 49.8 Å². The molecule has 1 rings (SSSR count). The summed E-state index contributed by atoms with van der Waals surface area (Å²) in [4.78, 5) is 12.9. The fourth-order valence-corrected chi connectivity index (χ4v) is 1.62. The minimum absolute atomic E-state index is 0.0239. The molecule has 1 aromatic carbocycles. The number of alkyl halides is 3. The molecule has 0 spiro atoms. The lowest BCUT2D eigenvalue weighted by Crippen LogP contribution is -2.34. The Hall–Kier alpha value is -1.76. The van der Waals surface area contributed by atoms with E-state index < -0.39 is 31.3 Å². The number of carbonyl (C=O) groups excluding carboxylic acids is 1. The van der Waals surface area contributed by atoms with Gasteiger partial charge in [0.05, 0.1) is 6.04 Å². The number of phenolic OH excluding ortho intramolecular Hbond substituents is 1. The average Bonchev–Trinajstić information content (AvgIpc) is 2.36. The van der Waals surface area contributed by atoms with Crippen LogP contribution in [0.5, 0.6) is 5.75 Å². The molecule has 0 bridgehead atoms. The fraction of sp³-hybridized carbons (Fsp3) is 0.462. The maximum Gasteiger partial charge on any atom is 0.411 e. The predicted molar refractivity (Wildman–Crippen MR) is 66.2 cm³/mol. The predicted octanol–water partition coefficient (Wildman–Crippen LogP) is 2.49. The second kappa shape index (κ2) is 6.60. The molecule has 0 saturated carbocycles. The van der Waals surface area contributed by atoms with Crippen LogP contribution in [0.1, 0.15) is 18.5 Å². The van der Waals surface area contributed by atoms with Gasteiger partial charge in [-0.1, -0.05) is 18.2 Å². The van der Waals surface area contributed by atoms with Gasteiger partial charge in [0, 0.05) is 12.6 Å². The number of amides is 1. The number of halogens is 3. The Morgan fingerprint density at radius 2 is 2.00 bits per heavy atom. The van der Waals surface area contributed by atoms with Crippen LogP contribution in [-0.4, -0.2) is 42.4 Å². The van der Waals surface area contributed by atoms with Gasteiger partial charge in [-0.25, -0.2) is 0 Å². The van der Waals surface area contributed by atoms with Gasteiger partial charge in [0.1, 0.15) is 19.0 Å². The maximum absolute atomic E-state index is 11.9. The molecule has 0 radical (unpaired) electrons. The first-order valence-electron chi connectivity index (χ1n) is 5.90. The summed E-state index contributed by atoms with van der Waals surface area (Å²) in [5, 5.41) is 9.68. The Balaban J connectivity index is 2.59. The number of hydrogen-bond acceptors (Lipinski definition) is 3. The van der Waals surface area contributed by atoms with E-state index in [1.807, 2.05) is 0 Å². The Bertz CT molecular complexity index is 462. The van der Waals surface area contributed by atoms with Gasteiger partial charge in [-0.2, -0.15) is 13.2 Å². The van der Waals surface area contributed by atoms with E-state index in [-0.39, 0.29) is 5.75 Å². The molecule has 1 aromatic rings. The molecule has 7 heteroatoms. The van der Waals surface area contributed by atoms with Gasteiger partial charge < -0.3 is 14.7 Å². The van der Waals surface area contributed by atoms with E-state index in [9.17, 15) is 23.1 Å². The summed E-state index contributed by atoms with van der Waals surface area (Å²) in [5.41, 5.74) is 0.513. The summed E-state index contributed by atoms with van der Waals surface area (Å²) in [6.07, 6.45) is -4.46. The highest BCUT2D eigenvalue weighted by Gasteiger charge is 2.28. The van der Waals surface area contributed by atoms with Gasteiger partial charge in [-0.3, -0.25) is 4.79 Å². The molecule has 0 aliphatic carbocycles. The summed E-state index contributed by atoms with van der Waals surface area (Å²) < 4.78 is 40.0. The third kappa shape index (κ3) is 4.73. The zero-order chi connectivity index (χ0) is 15.3. The van der Waals surface area contributed by atoms with E-state index >= 15 is 0 Å². The SMILES string of the molecule is CC(c1ccccc1O)N(C)C(=O)COCC(F)(F)F. The van der Waals surface area contributed by atoms with Crippen molar-refractivity contribution >= 4 is 5.91 Å². The van der Waals surface area contributed by atoms with Gasteiger partial charge in [-0.05, 0) is 13.0 Å². The first kappa shape index (κ1) is 16.3. The van der Waals surface area contributed by atoms with Gasteiger partial charge in [-0.15, -0.1) is 0 Å². The normalized spacial score (nSPS) is 13.1. The lowest BCUT2D eigenvalue weighted by atomic mass is 10.1. The van der Waals surface area contributed by atoms with Crippen LogP contribution in [-0.2, 0) is 9.53 Å². The molecular weight excluding hydrogens is 275 g/mol. The van der Waals surface area contributed by atoms with Crippen LogP contribution in [0.4, 0.5) is 13.2 Å². The van der Waals surface area contributed by atoms with Crippen molar-refractivity contribution in [1.82, 2.24) is 4.90 Å². The fourth-order valence-electron chi connectivity index (χ4n) is 1.62. The quantitative estimate of drug-likeness (QED) is 0.906. The average molecular weight is 291 g/mol. The highest BCUT2D eigenvalue weighted by atomic mass is 19.4. The van der Waals surface area contributed by atoms with E-state index in [1.54, 1.807) is 25.1 Å². The van der Waals surface area contributed by atoms with Crippen LogP contribution in [0, 0.1) is 0 Å². The zero-order valence-electron chi connectivity index (χ0n) is 11.1. The molecule has 1 N–H and O–H groups in total. The summed E-state index contributed by atoms with van der Waals surface area (Å²) in [6, 6.07) is 5.98. The Labute approximate surface area is 114 Å². The first-order valence-corrected chi connectivity index (χ1v) is 5.90. The standard InChI is InChI=1S/C13H16F3NO3/c1-9(10-5-3-4-6-11(10)18)17(2)12(19)7-20-8-13(14,15)16/h3-6,9,18H,7-8H2,1-2H3. The van der Waals surface area contributed by atoms with Crippen LogP contribution < -0.4 is 0 Å². The Morgan fingerprint density at radius 3 is 2.55 bits per heavy atom. The number of nitrogens with zero attached hydrogens (tertiary/aromatic N) is 1. The number of carbonyl (C=O) groups is 1. The van der Waals surface area contributed by atoms with Crippen molar-refractivity contribution in [2.45, 2.75) is 19.1 Å². The number of ether oxygens (including phenoxy) is 1. The minimum Gasteiger partial charge on any atom is -0.508 e. The van der Waals surface area contributed by atoms with Crippen molar-refractivity contribution < 1.29 is 27.8 Å². The molecule has 0 fully saturated rings. The third-order valence-electron chi connectivity index (χ3n) is 2.85. The minimum atomic E-state index is -4.46. The van der Waals surface area contributed by atoms with Crippen molar-refractivity contribution in [1.29, 1.82) is 0 Å². The molecule has 4 nitrogen and oxygen atoms in total. The van der Waals surface area contributed by atoms with Crippen molar-refractivity contribution in [2.75, 3.05) is 20.3 Å². The second-order valence-electron chi connectivity index (χ2n) is 4.35. The number of hydrogen-bond donors (Lipinski definition) is 1. The van der Waals surface area contributed by atoms with E-state index in [1.165, 1.54) is 18.0 Å². The van der Waals surface area contributed by atoms with Crippen molar-refractivity contribution in [3.63, 3.8) is 0 Å². The molecule has 1 atom stereocenters. The van der Waals surface area contributed by atoms with Crippen LogP contribution in [0.3, 0.4) is 0 Å². The van der Waals surface area contributed by atoms with Crippen LogP contribution in [0.15, 0.2) is 24.3 Å². The Morgan fingerprint density at radius 1 is 1.40 bits per heavy atom.